The number of nitrogens with zero attached hydrogens (tertiary/aromatic N) is 1. The lowest BCUT2D eigenvalue weighted by atomic mass is 9.94. The summed E-state index contributed by atoms with van der Waals surface area (Å²) in [4.78, 5) is 39.4. The first kappa shape index (κ1) is 10.5. The maximum absolute atomic E-state index is 11.9. The van der Waals surface area contributed by atoms with Crippen LogP contribution in [0.5, 0.6) is 0 Å². The number of carbonyl (C=O) groups is 3. The second kappa shape index (κ2) is 3.68. The van der Waals surface area contributed by atoms with E-state index in [0.717, 1.165) is 12.8 Å². The number of hydrogen-bond donors (Lipinski definition) is 0. The number of fused-ring (bicyclic) bond motifs is 2. The Balaban J connectivity index is 1.66. The third-order valence-electron chi connectivity index (χ3n) is 3.77. The van der Waals surface area contributed by atoms with E-state index in [9.17, 15) is 14.4 Å². The van der Waals surface area contributed by atoms with Crippen molar-refractivity contribution in [1.82, 2.24) is 5.06 Å². The monoisotopic (exact) mass is 235 g/mol. The molecule has 1 heterocycles. The van der Waals surface area contributed by atoms with Gasteiger partial charge in [-0.3, -0.25) is 9.59 Å². The summed E-state index contributed by atoms with van der Waals surface area (Å²) in [5.41, 5.74) is 0. The summed E-state index contributed by atoms with van der Waals surface area (Å²) in [6.45, 7) is 0. The van der Waals surface area contributed by atoms with Gasteiger partial charge in [0.15, 0.2) is 0 Å². The average Bonchev–Trinajstić information content (AvgIpc) is 2.99. The third kappa shape index (κ3) is 1.66. The second-order valence-electron chi connectivity index (χ2n) is 4.88. The molecule has 5 nitrogen and oxygen atoms in total. The van der Waals surface area contributed by atoms with Crippen molar-refractivity contribution < 1.29 is 19.2 Å². The van der Waals surface area contributed by atoms with Gasteiger partial charge < -0.3 is 4.84 Å². The van der Waals surface area contributed by atoms with Gasteiger partial charge in [-0.05, 0) is 24.7 Å². The molecule has 3 atom stereocenters. The first-order valence-corrected chi connectivity index (χ1v) is 5.91. The molecule has 2 aliphatic carbocycles. The lowest BCUT2D eigenvalue weighted by molar-refractivity contribution is -0.201. The van der Waals surface area contributed by atoms with E-state index >= 15 is 0 Å². The van der Waals surface area contributed by atoms with E-state index < -0.39 is 17.8 Å². The molecule has 0 radical (unpaired) electrons. The molecule has 0 aromatic carbocycles. The summed E-state index contributed by atoms with van der Waals surface area (Å²) in [6, 6.07) is 0. The van der Waals surface area contributed by atoms with Gasteiger partial charge in [0.25, 0.3) is 11.8 Å². The zero-order valence-corrected chi connectivity index (χ0v) is 9.30. The lowest BCUT2D eigenvalue weighted by Gasteiger charge is -2.19. The van der Waals surface area contributed by atoms with Crippen molar-refractivity contribution in [2.75, 3.05) is 0 Å². The zero-order valence-electron chi connectivity index (χ0n) is 9.30. The van der Waals surface area contributed by atoms with E-state index in [1.54, 1.807) is 0 Å². The molecule has 17 heavy (non-hydrogen) atoms. The summed E-state index contributed by atoms with van der Waals surface area (Å²) in [6.07, 6.45) is 6.21. The van der Waals surface area contributed by atoms with E-state index in [4.69, 9.17) is 4.84 Å². The van der Waals surface area contributed by atoms with Crippen molar-refractivity contribution in [1.29, 1.82) is 0 Å². The van der Waals surface area contributed by atoms with Crippen molar-refractivity contribution in [3.05, 3.63) is 12.2 Å². The molecule has 2 fully saturated rings. The van der Waals surface area contributed by atoms with Gasteiger partial charge in [0.1, 0.15) is 0 Å². The standard InChI is InChI=1S/C12H13NO4/c14-10-3-4-11(15)13(10)17-12(16)9-6-7-1-2-8(9)5-7/h1-2,7-9H,3-6H2. The van der Waals surface area contributed by atoms with Crippen molar-refractivity contribution in [3.63, 3.8) is 0 Å². The van der Waals surface area contributed by atoms with E-state index in [1.165, 1.54) is 0 Å². The summed E-state index contributed by atoms with van der Waals surface area (Å²) >= 11 is 0. The molecule has 90 valence electrons. The first-order chi connectivity index (χ1) is 8.15. The third-order valence-corrected chi connectivity index (χ3v) is 3.77. The Morgan fingerprint density at radius 1 is 1.18 bits per heavy atom. The number of rotatable bonds is 2. The van der Waals surface area contributed by atoms with Crippen LogP contribution in [0.4, 0.5) is 0 Å². The van der Waals surface area contributed by atoms with Crippen molar-refractivity contribution in [2.45, 2.75) is 25.7 Å². The van der Waals surface area contributed by atoms with Crippen LogP contribution in [0.1, 0.15) is 25.7 Å². The highest BCUT2D eigenvalue weighted by Gasteiger charge is 2.43. The van der Waals surface area contributed by atoms with Gasteiger partial charge in [0, 0.05) is 12.8 Å². The molecule has 5 heteroatoms. The molecule has 3 aliphatic rings. The number of allylic oxidation sites excluding steroid dienone is 2. The number of hydroxylamine groups is 2. The molecule has 1 saturated heterocycles. The van der Waals surface area contributed by atoms with Crippen LogP contribution in [0.25, 0.3) is 0 Å². The molecule has 0 aromatic rings. The van der Waals surface area contributed by atoms with Crippen molar-refractivity contribution in [2.24, 2.45) is 17.8 Å². The van der Waals surface area contributed by atoms with E-state index in [-0.39, 0.29) is 24.7 Å². The van der Waals surface area contributed by atoms with Crippen LogP contribution in [-0.2, 0) is 19.2 Å². The average molecular weight is 235 g/mol. The van der Waals surface area contributed by atoms with Gasteiger partial charge >= 0.3 is 5.97 Å². The maximum Gasteiger partial charge on any atom is 0.336 e. The Labute approximate surface area is 98.4 Å². The molecule has 0 spiro atoms. The number of carbonyl (C=O) groups excluding carboxylic acids is 3. The molecular weight excluding hydrogens is 222 g/mol. The molecule has 3 rings (SSSR count). The summed E-state index contributed by atoms with van der Waals surface area (Å²) in [5.74, 6) is -0.774. The molecule has 2 amide bonds. The Kier molecular flexibility index (Phi) is 2.28. The van der Waals surface area contributed by atoms with Crippen LogP contribution in [0, 0.1) is 17.8 Å². The van der Waals surface area contributed by atoms with E-state index in [2.05, 4.69) is 6.08 Å². The minimum atomic E-state index is -0.439. The highest BCUT2D eigenvalue weighted by Crippen LogP contribution is 2.44. The van der Waals surface area contributed by atoms with Crippen molar-refractivity contribution in [3.8, 4) is 0 Å². The quantitative estimate of drug-likeness (QED) is 0.524. The molecule has 0 aromatic heterocycles. The van der Waals surface area contributed by atoms with Crippen LogP contribution < -0.4 is 0 Å². The molecule has 3 unspecified atom stereocenters. The van der Waals surface area contributed by atoms with Gasteiger partial charge in [-0.15, -0.1) is 5.06 Å². The SMILES string of the molecule is O=C(ON1C(=O)CCC1=O)C1CC2C=CC1C2. The number of hydrogen-bond acceptors (Lipinski definition) is 4. The molecule has 0 N–H and O–H groups in total. The Morgan fingerprint density at radius 2 is 1.88 bits per heavy atom. The Bertz CT molecular complexity index is 412. The minimum absolute atomic E-state index is 0.142. The highest BCUT2D eigenvalue weighted by atomic mass is 16.7. The zero-order chi connectivity index (χ0) is 12.0. The van der Waals surface area contributed by atoms with Gasteiger partial charge in [-0.2, -0.15) is 0 Å². The van der Waals surface area contributed by atoms with Crippen LogP contribution in [-0.4, -0.2) is 22.8 Å². The summed E-state index contributed by atoms with van der Waals surface area (Å²) < 4.78 is 0. The fourth-order valence-electron chi connectivity index (χ4n) is 2.87. The van der Waals surface area contributed by atoms with Gasteiger partial charge in [-0.1, -0.05) is 12.2 Å². The minimum Gasteiger partial charge on any atom is -0.330 e. The number of amides is 2. The lowest BCUT2D eigenvalue weighted by Crippen LogP contribution is -2.35. The van der Waals surface area contributed by atoms with Crippen molar-refractivity contribution >= 4 is 17.8 Å². The topological polar surface area (TPSA) is 63.7 Å². The molecular formula is C12H13NO4. The van der Waals surface area contributed by atoms with Crippen LogP contribution >= 0.6 is 0 Å². The fraction of sp³-hybridized carbons (Fsp3) is 0.583. The first-order valence-electron chi connectivity index (χ1n) is 5.91. The number of imide groups is 1. The Morgan fingerprint density at radius 3 is 2.41 bits per heavy atom. The highest BCUT2D eigenvalue weighted by molar-refractivity contribution is 6.01. The normalized spacial score (nSPS) is 34.8. The van der Waals surface area contributed by atoms with E-state index in [0.29, 0.717) is 11.0 Å². The van der Waals surface area contributed by atoms with Crippen LogP contribution in [0.15, 0.2) is 12.2 Å². The van der Waals surface area contributed by atoms with Crippen LogP contribution in [0.2, 0.25) is 0 Å². The largest absolute Gasteiger partial charge is 0.336 e. The second-order valence-corrected chi connectivity index (χ2v) is 4.88. The molecule has 1 saturated carbocycles. The molecule has 2 bridgehead atoms. The van der Waals surface area contributed by atoms with Crippen LogP contribution in [0.3, 0.4) is 0 Å². The maximum atomic E-state index is 11.9. The molecule has 1 aliphatic heterocycles. The Hall–Kier alpha value is -1.65. The smallest absolute Gasteiger partial charge is 0.330 e. The predicted octanol–water partition coefficient (Wildman–Crippen LogP) is 0.806. The van der Waals surface area contributed by atoms with E-state index in [1.807, 2.05) is 6.08 Å². The predicted molar refractivity (Wildman–Crippen MR) is 56.0 cm³/mol. The fourth-order valence-corrected chi connectivity index (χ4v) is 2.87. The summed E-state index contributed by atoms with van der Waals surface area (Å²) in [5, 5.41) is 0.637. The van der Waals surface area contributed by atoms with Gasteiger partial charge in [-0.25, -0.2) is 4.79 Å². The summed E-state index contributed by atoms with van der Waals surface area (Å²) in [7, 11) is 0. The van der Waals surface area contributed by atoms with Gasteiger partial charge in [0.05, 0.1) is 5.92 Å². The van der Waals surface area contributed by atoms with Gasteiger partial charge in [0.2, 0.25) is 0 Å².